The average Bonchev–Trinajstić information content (AvgIpc) is 2.92. The number of nitro benzene ring substituents is 1. The van der Waals surface area contributed by atoms with Gasteiger partial charge in [0, 0.05) is 37.5 Å². The Morgan fingerprint density at radius 2 is 2.30 bits per heavy atom. The Hall–Kier alpha value is -2.90. The maximum Gasteiger partial charge on any atom is 0.271 e. The number of hydrogen-bond acceptors (Lipinski definition) is 5. The topological polar surface area (TPSA) is 110 Å². The van der Waals surface area contributed by atoms with E-state index in [0.717, 1.165) is 12.1 Å². The first kappa shape index (κ1) is 13.5. The summed E-state index contributed by atoms with van der Waals surface area (Å²) < 4.78 is 1.59. The smallest absolute Gasteiger partial charge is 0.271 e. The molecular formula is C12H12N4O4. The van der Waals surface area contributed by atoms with E-state index in [1.54, 1.807) is 23.1 Å². The summed E-state index contributed by atoms with van der Waals surface area (Å²) in [6.07, 6.45) is 3.46. The Balaban J connectivity index is 2.00. The van der Waals surface area contributed by atoms with Crippen LogP contribution in [0.2, 0.25) is 0 Å². The van der Waals surface area contributed by atoms with Crippen molar-refractivity contribution in [3.05, 3.63) is 46.8 Å². The average molecular weight is 276 g/mol. The van der Waals surface area contributed by atoms with Gasteiger partial charge in [0.1, 0.15) is 5.75 Å². The predicted molar refractivity (Wildman–Crippen MR) is 70.2 cm³/mol. The lowest BCUT2D eigenvalue weighted by atomic mass is 10.2. The van der Waals surface area contributed by atoms with E-state index in [0.29, 0.717) is 6.54 Å². The van der Waals surface area contributed by atoms with Crippen LogP contribution in [0.3, 0.4) is 0 Å². The number of nitrogens with zero attached hydrogens (tertiary/aromatic N) is 3. The number of aryl methyl sites for hydroxylation is 1. The van der Waals surface area contributed by atoms with Crippen LogP contribution in [0.4, 0.5) is 11.4 Å². The minimum absolute atomic E-state index is 0.0182. The number of carbonyl (C=O) groups is 1. The van der Waals surface area contributed by atoms with E-state index in [1.807, 2.05) is 0 Å². The molecule has 0 aliphatic rings. The molecular weight excluding hydrogens is 264 g/mol. The number of aromatic nitrogens is 2. The molecule has 0 spiro atoms. The number of phenols is 1. The Morgan fingerprint density at radius 1 is 1.50 bits per heavy atom. The molecule has 1 heterocycles. The number of amides is 1. The number of anilines is 1. The number of benzene rings is 1. The van der Waals surface area contributed by atoms with Gasteiger partial charge in [-0.1, -0.05) is 0 Å². The molecule has 0 atom stereocenters. The molecule has 104 valence electrons. The third-order valence-corrected chi connectivity index (χ3v) is 2.59. The van der Waals surface area contributed by atoms with E-state index in [2.05, 4.69) is 10.4 Å². The van der Waals surface area contributed by atoms with Gasteiger partial charge in [-0.25, -0.2) is 0 Å². The van der Waals surface area contributed by atoms with E-state index >= 15 is 0 Å². The predicted octanol–water partition coefficient (Wildman–Crippen LogP) is 1.53. The van der Waals surface area contributed by atoms with Crippen LogP contribution in [0, 0.1) is 10.1 Å². The normalized spacial score (nSPS) is 10.2. The summed E-state index contributed by atoms with van der Waals surface area (Å²) in [5, 5.41) is 26.6. The van der Waals surface area contributed by atoms with Gasteiger partial charge in [-0.15, -0.1) is 0 Å². The highest BCUT2D eigenvalue weighted by molar-refractivity contribution is 5.92. The SMILES string of the molecule is O=C(CCn1cccn1)Nc1cc([N+](=O)[O-])ccc1O. The molecule has 0 bridgehead atoms. The van der Waals surface area contributed by atoms with Crippen molar-refractivity contribution in [2.75, 3.05) is 5.32 Å². The summed E-state index contributed by atoms with van der Waals surface area (Å²) in [7, 11) is 0. The van der Waals surface area contributed by atoms with Crippen LogP contribution < -0.4 is 5.32 Å². The first-order valence-electron chi connectivity index (χ1n) is 5.81. The van der Waals surface area contributed by atoms with Gasteiger partial charge in [0.25, 0.3) is 5.69 Å². The number of aromatic hydroxyl groups is 1. The lowest BCUT2D eigenvalue weighted by Gasteiger charge is -2.07. The molecule has 1 aromatic heterocycles. The number of hydrogen-bond donors (Lipinski definition) is 2. The lowest BCUT2D eigenvalue weighted by molar-refractivity contribution is -0.384. The summed E-state index contributed by atoms with van der Waals surface area (Å²) in [5.41, 5.74) is -0.185. The molecule has 0 aliphatic carbocycles. The van der Waals surface area contributed by atoms with E-state index in [1.165, 1.54) is 6.07 Å². The third-order valence-electron chi connectivity index (χ3n) is 2.59. The molecule has 1 amide bonds. The van der Waals surface area contributed by atoms with Crippen molar-refractivity contribution in [3.63, 3.8) is 0 Å². The van der Waals surface area contributed by atoms with Crippen molar-refractivity contribution in [2.45, 2.75) is 13.0 Å². The standard InChI is InChI=1S/C12H12N4O4/c17-11-3-2-9(16(19)20)8-10(11)14-12(18)4-7-15-6-1-5-13-15/h1-3,5-6,8,17H,4,7H2,(H,14,18). The van der Waals surface area contributed by atoms with Gasteiger partial charge in [0.15, 0.2) is 0 Å². The van der Waals surface area contributed by atoms with Crippen LogP contribution >= 0.6 is 0 Å². The fourth-order valence-corrected chi connectivity index (χ4v) is 1.60. The number of carbonyl (C=O) groups excluding carboxylic acids is 1. The zero-order valence-electron chi connectivity index (χ0n) is 10.4. The maximum absolute atomic E-state index is 11.7. The van der Waals surface area contributed by atoms with Crippen LogP contribution in [0.5, 0.6) is 5.75 Å². The Labute approximate surface area is 113 Å². The Kier molecular flexibility index (Phi) is 3.94. The molecule has 1 aromatic carbocycles. The van der Waals surface area contributed by atoms with Crippen LogP contribution in [0.25, 0.3) is 0 Å². The second kappa shape index (κ2) is 5.83. The summed E-state index contributed by atoms with van der Waals surface area (Å²) in [6.45, 7) is 0.383. The minimum Gasteiger partial charge on any atom is -0.506 e. The summed E-state index contributed by atoms with van der Waals surface area (Å²) in [5.74, 6) is -0.584. The van der Waals surface area contributed by atoms with Crippen LogP contribution in [0.1, 0.15) is 6.42 Å². The zero-order chi connectivity index (χ0) is 14.5. The molecule has 0 saturated heterocycles. The van der Waals surface area contributed by atoms with Crippen molar-refractivity contribution in [3.8, 4) is 5.75 Å². The van der Waals surface area contributed by atoms with Gasteiger partial charge in [0.05, 0.1) is 10.6 Å². The van der Waals surface area contributed by atoms with Gasteiger partial charge in [0.2, 0.25) is 5.91 Å². The molecule has 2 N–H and O–H groups in total. The summed E-state index contributed by atoms with van der Waals surface area (Å²) in [6, 6.07) is 5.18. The van der Waals surface area contributed by atoms with Gasteiger partial charge in [-0.05, 0) is 12.1 Å². The molecule has 8 nitrogen and oxygen atoms in total. The quantitative estimate of drug-likeness (QED) is 0.488. The lowest BCUT2D eigenvalue weighted by Crippen LogP contribution is -2.14. The monoisotopic (exact) mass is 276 g/mol. The first-order valence-corrected chi connectivity index (χ1v) is 5.81. The van der Waals surface area contributed by atoms with E-state index in [-0.39, 0.29) is 29.5 Å². The molecule has 0 saturated carbocycles. The molecule has 0 aliphatic heterocycles. The van der Waals surface area contributed by atoms with Crippen molar-refractivity contribution >= 4 is 17.3 Å². The number of non-ortho nitro benzene ring substituents is 1. The van der Waals surface area contributed by atoms with Gasteiger partial charge < -0.3 is 10.4 Å². The van der Waals surface area contributed by atoms with E-state index < -0.39 is 4.92 Å². The Morgan fingerprint density at radius 3 is 2.95 bits per heavy atom. The van der Waals surface area contributed by atoms with E-state index in [9.17, 15) is 20.0 Å². The molecule has 0 fully saturated rings. The van der Waals surface area contributed by atoms with Crippen molar-refractivity contribution in [1.29, 1.82) is 0 Å². The van der Waals surface area contributed by atoms with Crippen LogP contribution in [-0.2, 0) is 11.3 Å². The highest BCUT2D eigenvalue weighted by Gasteiger charge is 2.12. The number of rotatable bonds is 5. The fourth-order valence-electron chi connectivity index (χ4n) is 1.60. The summed E-state index contributed by atoms with van der Waals surface area (Å²) in [4.78, 5) is 21.7. The molecule has 0 radical (unpaired) electrons. The Bertz CT molecular complexity index is 624. The van der Waals surface area contributed by atoms with Crippen LogP contribution in [0.15, 0.2) is 36.7 Å². The van der Waals surface area contributed by atoms with E-state index in [4.69, 9.17) is 0 Å². The molecule has 0 unspecified atom stereocenters. The number of nitro groups is 1. The van der Waals surface area contributed by atoms with Gasteiger partial charge in [-0.3, -0.25) is 19.6 Å². The largest absolute Gasteiger partial charge is 0.506 e. The number of nitrogens with one attached hydrogen (secondary N) is 1. The number of phenolic OH excluding ortho intramolecular Hbond substituents is 1. The van der Waals surface area contributed by atoms with Gasteiger partial charge >= 0.3 is 0 Å². The zero-order valence-corrected chi connectivity index (χ0v) is 10.4. The molecule has 2 rings (SSSR count). The highest BCUT2D eigenvalue weighted by Crippen LogP contribution is 2.27. The summed E-state index contributed by atoms with van der Waals surface area (Å²) >= 11 is 0. The highest BCUT2D eigenvalue weighted by atomic mass is 16.6. The van der Waals surface area contributed by atoms with Crippen molar-refractivity contribution in [2.24, 2.45) is 0 Å². The third kappa shape index (κ3) is 3.31. The van der Waals surface area contributed by atoms with Gasteiger partial charge in [-0.2, -0.15) is 5.10 Å². The second-order valence-electron chi connectivity index (χ2n) is 4.03. The maximum atomic E-state index is 11.7. The minimum atomic E-state index is -0.598. The first-order chi connectivity index (χ1) is 9.56. The second-order valence-corrected chi connectivity index (χ2v) is 4.03. The molecule has 2 aromatic rings. The molecule has 20 heavy (non-hydrogen) atoms. The molecule has 8 heteroatoms. The van der Waals surface area contributed by atoms with Crippen molar-refractivity contribution in [1.82, 2.24) is 9.78 Å². The van der Waals surface area contributed by atoms with Crippen molar-refractivity contribution < 1.29 is 14.8 Å². The fraction of sp³-hybridized carbons (Fsp3) is 0.167. The van der Waals surface area contributed by atoms with Crippen LogP contribution in [-0.4, -0.2) is 25.7 Å².